The molecular weight excluding hydrogens is 384 g/mol. The van der Waals surface area contributed by atoms with E-state index in [1.165, 1.54) is 11.1 Å². The number of aryl methyl sites for hydroxylation is 1. The van der Waals surface area contributed by atoms with Crippen LogP contribution in [0.5, 0.6) is 0 Å². The highest BCUT2D eigenvalue weighted by Crippen LogP contribution is 2.33. The van der Waals surface area contributed by atoms with Crippen LogP contribution in [0.1, 0.15) is 29.5 Å². The molecular formula is C27H26N2O2. The molecule has 156 valence electrons. The van der Waals surface area contributed by atoms with E-state index in [-0.39, 0.29) is 12.1 Å². The molecule has 5 rings (SSSR count). The molecule has 4 nitrogen and oxygen atoms in total. The Kier molecular flexibility index (Phi) is 5.65. The topological polar surface area (TPSA) is 58.3 Å². The summed E-state index contributed by atoms with van der Waals surface area (Å²) in [5, 5.41) is 14.1. The van der Waals surface area contributed by atoms with Crippen molar-refractivity contribution in [3.63, 3.8) is 0 Å². The first-order valence-corrected chi connectivity index (χ1v) is 10.9. The Hall–Kier alpha value is -3.21. The summed E-state index contributed by atoms with van der Waals surface area (Å²) in [6.07, 6.45) is 1.98. The van der Waals surface area contributed by atoms with Crippen molar-refractivity contribution in [2.75, 3.05) is 6.54 Å². The number of hydrogen-bond donors (Lipinski definition) is 2. The molecule has 3 aromatic carbocycles. The van der Waals surface area contributed by atoms with Crippen LogP contribution in [0.3, 0.4) is 0 Å². The molecule has 0 spiro atoms. The van der Waals surface area contributed by atoms with Crippen LogP contribution < -0.4 is 5.32 Å². The van der Waals surface area contributed by atoms with Crippen molar-refractivity contribution < 1.29 is 9.52 Å². The van der Waals surface area contributed by atoms with Crippen molar-refractivity contribution >= 4 is 0 Å². The van der Waals surface area contributed by atoms with E-state index in [9.17, 15) is 5.11 Å². The Balaban J connectivity index is 1.36. The van der Waals surface area contributed by atoms with Gasteiger partial charge in [-0.2, -0.15) is 0 Å². The molecule has 0 saturated heterocycles. The van der Waals surface area contributed by atoms with Gasteiger partial charge in [-0.05, 0) is 24.0 Å². The predicted octanol–water partition coefficient (Wildman–Crippen LogP) is 5.19. The number of benzene rings is 3. The molecule has 2 atom stereocenters. The summed E-state index contributed by atoms with van der Waals surface area (Å²) in [6, 6.07) is 28.6. The maximum absolute atomic E-state index is 10.6. The second-order valence-electron chi connectivity index (χ2n) is 8.00. The zero-order chi connectivity index (χ0) is 21.0. The van der Waals surface area contributed by atoms with Gasteiger partial charge in [0.15, 0.2) is 11.7 Å². The van der Waals surface area contributed by atoms with Crippen LogP contribution in [0, 0.1) is 0 Å². The van der Waals surface area contributed by atoms with E-state index in [0.717, 1.165) is 35.4 Å². The van der Waals surface area contributed by atoms with Crippen LogP contribution in [0.2, 0.25) is 0 Å². The third kappa shape index (κ3) is 4.18. The van der Waals surface area contributed by atoms with E-state index in [4.69, 9.17) is 9.40 Å². The number of hydrogen-bond acceptors (Lipinski definition) is 4. The van der Waals surface area contributed by atoms with E-state index in [1.54, 1.807) is 0 Å². The molecule has 2 N–H and O–H groups in total. The van der Waals surface area contributed by atoms with Gasteiger partial charge < -0.3 is 14.8 Å². The summed E-state index contributed by atoms with van der Waals surface area (Å²) in [7, 11) is 0. The maximum atomic E-state index is 10.6. The molecule has 31 heavy (non-hydrogen) atoms. The summed E-state index contributed by atoms with van der Waals surface area (Å²) in [4.78, 5) is 4.83. The Labute approximate surface area is 182 Å². The van der Waals surface area contributed by atoms with Gasteiger partial charge in [0.25, 0.3) is 0 Å². The monoisotopic (exact) mass is 410 g/mol. The number of nitrogens with zero attached hydrogens (tertiary/aromatic N) is 1. The Morgan fingerprint density at radius 3 is 2.32 bits per heavy atom. The molecule has 0 aliphatic heterocycles. The highest BCUT2D eigenvalue weighted by atomic mass is 16.4. The van der Waals surface area contributed by atoms with Crippen molar-refractivity contribution in [2.24, 2.45) is 0 Å². The highest BCUT2D eigenvalue weighted by Gasteiger charge is 2.27. The zero-order valence-electron chi connectivity index (χ0n) is 17.4. The number of fused-ring (bicyclic) bond motifs is 1. The molecule has 1 aliphatic carbocycles. The normalized spacial score (nSPS) is 18.0. The maximum Gasteiger partial charge on any atom is 0.196 e. The molecule has 4 heteroatoms. The summed E-state index contributed by atoms with van der Waals surface area (Å²) in [6.45, 7) is 0.680. The van der Waals surface area contributed by atoms with E-state index in [1.807, 2.05) is 54.6 Å². The fraction of sp³-hybridized carbons (Fsp3) is 0.222. The SMILES string of the molecule is OC1CCc2ccccc2C1NCCc1nc(-c2ccccc2)c(-c2ccccc2)o1. The standard InChI is InChI=1S/C27H26N2O2/c30-23-16-15-19-9-7-8-14-22(19)26(23)28-18-17-24-29-25(20-10-3-1-4-11-20)27(31-24)21-12-5-2-6-13-21/h1-14,23,26,28,30H,15-18H2. The Morgan fingerprint density at radius 2 is 1.55 bits per heavy atom. The lowest BCUT2D eigenvalue weighted by Gasteiger charge is -2.31. The van der Waals surface area contributed by atoms with E-state index < -0.39 is 0 Å². The summed E-state index contributed by atoms with van der Waals surface area (Å²) in [5.41, 5.74) is 5.44. The molecule has 2 unspecified atom stereocenters. The number of aliphatic hydroxyl groups excluding tert-OH is 1. The van der Waals surface area contributed by atoms with Crippen LogP contribution in [0.4, 0.5) is 0 Å². The second kappa shape index (κ2) is 8.88. The van der Waals surface area contributed by atoms with Crippen LogP contribution in [-0.4, -0.2) is 22.7 Å². The lowest BCUT2D eigenvalue weighted by atomic mass is 9.85. The zero-order valence-corrected chi connectivity index (χ0v) is 17.4. The first-order chi connectivity index (χ1) is 15.3. The molecule has 0 radical (unpaired) electrons. The van der Waals surface area contributed by atoms with Crippen molar-refractivity contribution in [3.05, 3.63) is 102 Å². The largest absolute Gasteiger partial charge is 0.440 e. The average Bonchev–Trinajstić information content (AvgIpc) is 3.26. The van der Waals surface area contributed by atoms with E-state index >= 15 is 0 Å². The fourth-order valence-electron chi connectivity index (χ4n) is 4.37. The van der Waals surface area contributed by atoms with Gasteiger partial charge in [0.05, 0.1) is 12.1 Å². The molecule has 1 aromatic heterocycles. The minimum Gasteiger partial charge on any atom is -0.440 e. The van der Waals surface area contributed by atoms with Gasteiger partial charge in [-0.3, -0.25) is 0 Å². The second-order valence-corrected chi connectivity index (χ2v) is 8.00. The number of aliphatic hydroxyl groups is 1. The van der Waals surface area contributed by atoms with Gasteiger partial charge in [0, 0.05) is 24.1 Å². The summed E-state index contributed by atoms with van der Waals surface area (Å²) >= 11 is 0. The number of aromatic nitrogens is 1. The van der Waals surface area contributed by atoms with Gasteiger partial charge in [-0.1, -0.05) is 84.9 Å². The minimum atomic E-state index is -0.376. The van der Waals surface area contributed by atoms with Crippen LogP contribution in [-0.2, 0) is 12.8 Å². The quantitative estimate of drug-likeness (QED) is 0.459. The predicted molar refractivity (Wildman–Crippen MR) is 123 cm³/mol. The van der Waals surface area contributed by atoms with Crippen molar-refractivity contribution in [1.82, 2.24) is 10.3 Å². The lowest BCUT2D eigenvalue weighted by Crippen LogP contribution is -2.36. The summed E-state index contributed by atoms with van der Waals surface area (Å²) in [5.74, 6) is 1.49. The fourth-order valence-corrected chi connectivity index (χ4v) is 4.37. The minimum absolute atomic E-state index is 0.0536. The third-order valence-corrected chi connectivity index (χ3v) is 5.94. The Bertz CT molecular complexity index is 1080. The molecule has 1 heterocycles. The van der Waals surface area contributed by atoms with Gasteiger partial charge in [0.1, 0.15) is 5.69 Å². The first kappa shape index (κ1) is 19.7. The molecule has 4 aromatic rings. The van der Waals surface area contributed by atoms with Gasteiger partial charge >= 0.3 is 0 Å². The van der Waals surface area contributed by atoms with Crippen LogP contribution >= 0.6 is 0 Å². The average molecular weight is 411 g/mol. The molecule has 0 bridgehead atoms. The van der Waals surface area contributed by atoms with Crippen molar-refractivity contribution in [1.29, 1.82) is 0 Å². The van der Waals surface area contributed by atoms with Crippen molar-refractivity contribution in [2.45, 2.75) is 31.4 Å². The van der Waals surface area contributed by atoms with E-state index in [2.05, 4.69) is 35.6 Å². The lowest BCUT2D eigenvalue weighted by molar-refractivity contribution is 0.111. The van der Waals surface area contributed by atoms with Gasteiger partial charge in [-0.25, -0.2) is 4.98 Å². The first-order valence-electron chi connectivity index (χ1n) is 10.9. The molecule has 0 saturated carbocycles. The summed E-state index contributed by atoms with van der Waals surface area (Å²) < 4.78 is 6.23. The van der Waals surface area contributed by atoms with Gasteiger partial charge in [-0.15, -0.1) is 0 Å². The molecule has 0 fully saturated rings. The Morgan fingerprint density at radius 1 is 0.871 bits per heavy atom. The van der Waals surface area contributed by atoms with Crippen LogP contribution in [0.15, 0.2) is 89.3 Å². The third-order valence-electron chi connectivity index (χ3n) is 5.94. The van der Waals surface area contributed by atoms with Gasteiger partial charge in [0.2, 0.25) is 0 Å². The van der Waals surface area contributed by atoms with Crippen molar-refractivity contribution in [3.8, 4) is 22.6 Å². The number of nitrogens with one attached hydrogen (secondary N) is 1. The smallest absolute Gasteiger partial charge is 0.196 e. The van der Waals surface area contributed by atoms with Crippen LogP contribution in [0.25, 0.3) is 22.6 Å². The molecule has 0 amide bonds. The number of rotatable bonds is 6. The molecule has 1 aliphatic rings. The van der Waals surface area contributed by atoms with E-state index in [0.29, 0.717) is 18.9 Å². The number of oxazole rings is 1. The highest BCUT2D eigenvalue weighted by molar-refractivity contribution is 5.76.